The zero-order chi connectivity index (χ0) is 14.8. The molecule has 0 radical (unpaired) electrons. The predicted octanol–water partition coefficient (Wildman–Crippen LogP) is 3.39. The Bertz CT molecular complexity index is 354. The molecule has 0 aromatic heterocycles. The smallest absolute Gasteiger partial charge is 0.410 e. The van der Waals surface area contributed by atoms with Crippen molar-refractivity contribution in [2.75, 3.05) is 13.1 Å². The summed E-state index contributed by atoms with van der Waals surface area (Å²) >= 11 is 0. The van der Waals surface area contributed by atoms with Crippen molar-refractivity contribution < 1.29 is 14.3 Å². The summed E-state index contributed by atoms with van der Waals surface area (Å²) in [6, 6.07) is 0. The second-order valence-corrected chi connectivity index (χ2v) is 7.44. The van der Waals surface area contributed by atoms with Crippen molar-refractivity contribution in [3.05, 3.63) is 0 Å². The first-order valence-corrected chi connectivity index (χ1v) is 7.77. The lowest BCUT2D eigenvalue weighted by molar-refractivity contribution is -0.112. The summed E-state index contributed by atoms with van der Waals surface area (Å²) in [4.78, 5) is 24.7. The van der Waals surface area contributed by atoms with Gasteiger partial charge in [-0.1, -0.05) is 0 Å². The van der Waals surface area contributed by atoms with Crippen LogP contribution in [-0.2, 0) is 9.53 Å². The normalized spacial score (nSPS) is 23.6. The molecule has 0 unspecified atom stereocenters. The van der Waals surface area contributed by atoms with Crippen LogP contribution < -0.4 is 0 Å². The number of amides is 1. The molecule has 20 heavy (non-hydrogen) atoms. The molecule has 1 aliphatic heterocycles. The molecule has 0 atom stereocenters. The van der Waals surface area contributed by atoms with Gasteiger partial charge in [-0.2, -0.15) is 0 Å². The Labute approximate surface area is 121 Å². The molecule has 0 N–H and O–H groups in total. The molecule has 1 aliphatic carbocycles. The summed E-state index contributed by atoms with van der Waals surface area (Å²) in [5.41, 5.74) is -0.0493. The maximum Gasteiger partial charge on any atom is 0.410 e. The van der Waals surface area contributed by atoms with Crippen LogP contribution in [-0.4, -0.2) is 36.0 Å². The third kappa shape index (κ3) is 3.74. The number of hydrogen-bond acceptors (Lipinski definition) is 3. The van der Waals surface area contributed by atoms with E-state index in [1.54, 1.807) is 0 Å². The predicted molar refractivity (Wildman–Crippen MR) is 77.5 cm³/mol. The summed E-state index contributed by atoms with van der Waals surface area (Å²) in [6.45, 7) is 7.28. The van der Waals surface area contributed by atoms with Gasteiger partial charge in [-0.25, -0.2) is 4.79 Å². The highest BCUT2D eigenvalue weighted by Gasteiger charge is 2.39. The standard InChI is InChI=1S/C16H27NO3/c1-15(2,3)20-14(19)17-10-8-16(9-11-17)6-4-13(12-18)5-7-16/h12-13H,4-11H2,1-3H3. The Hall–Kier alpha value is -1.06. The van der Waals surface area contributed by atoms with Gasteiger partial charge in [0.15, 0.2) is 0 Å². The number of ether oxygens (including phenoxy) is 1. The molecule has 0 aromatic carbocycles. The van der Waals surface area contributed by atoms with Gasteiger partial charge in [0, 0.05) is 19.0 Å². The van der Waals surface area contributed by atoms with E-state index in [0.29, 0.717) is 5.41 Å². The lowest BCUT2D eigenvalue weighted by atomic mass is 9.66. The first-order valence-electron chi connectivity index (χ1n) is 7.77. The van der Waals surface area contributed by atoms with Gasteiger partial charge >= 0.3 is 6.09 Å². The van der Waals surface area contributed by atoms with Gasteiger partial charge in [0.2, 0.25) is 0 Å². The van der Waals surface area contributed by atoms with Gasteiger partial charge in [0.25, 0.3) is 0 Å². The van der Waals surface area contributed by atoms with E-state index in [1.165, 1.54) is 0 Å². The van der Waals surface area contributed by atoms with Gasteiger partial charge in [-0.3, -0.25) is 0 Å². The van der Waals surface area contributed by atoms with Crippen molar-refractivity contribution in [3.8, 4) is 0 Å². The molecule has 1 saturated heterocycles. The number of likely N-dealkylation sites (tertiary alicyclic amines) is 1. The van der Waals surface area contributed by atoms with Crippen LogP contribution in [0.4, 0.5) is 4.79 Å². The van der Waals surface area contributed by atoms with Crippen LogP contribution >= 0.6 is 0 Å². The highest BCUT2D eigenvalue weighted by atomic mass is 16.6. The third-order valence-corrected chi connectivity index (χ3v) is 4.76. The third-order valence-electron chi connectivity index (χ3n) is 4.76. The van der Waals surface area contributed by atoms with E-state index in [2.05, 4.69) is 0 Å². The first kappa shape index (κ1) is 15.3. The maximum absolute atomic E-state index is 12.0. The fourth-order valence-electron chi connectivity index (χ4n) is 3.38. The second kappa shape index (κ2) is 5.74. The monoisotopic (exact) mass is 281 g/mol. The lowest BCUT2D eigenvalue weighted by Crippen LogP contribution is -2.46. The van der Waals surface area contributed by atoms with Crippen LogP contribution in [0.3, 0.4) is 0 Å². The summed E-state index contributed by atoms with van der Waals surface area (Å²) in [5, 5.41) is 0. The molecule has 2 aliphatic rings. The number of carbonyl (C=O) groups excluding carboxylic acids is 2. The Kier molecular flexibility index (Phi) is 4.40. The van der Waals surface area contributed by atoms with Gasteiger partial charge in [0.05, 0.1) is 0 Å². The number of hydrogen-bond donors (Lipinski definition) is 0. The number of aldehydes is 1. The first-order chi connectivity index (χ1) is 9.34. The fourth-order valence-corrected chi connectivity index (χ4v) is 3.38. The van der Waals surface area contributed by atoms with E-state index in [-0.39, 0.29) is 12.0 Å². The van der Waals surface area contributed by atoms with Crippen molar-refractivity contribution >= 4 is 12.4 Å². The molecule has 114 valence electrons. The van der Waals surface area contributed by atoms with E-state index >= 15 is 0 Å². The minimum Gasteiger partial charge on any atom is -0.444 e. The molecule has 0 bridgehead atoms. The van der Waals surface area contributed by atoms with E-state index in [1.807, 2.05) is 25.7 Å². The average Bonchev–Trinajstić information content (AvgIpc) is 2.38. The highest BCUT2D eigenvalue weighted by Crippen LogP contribution is 2.45. The summed E-state index contributed by atoms with van der Waals surface area (Å²) in [7, 11) is 0. The molecule has 4 nitrogen and oxygen atoms in total. The lowest BCUT2D eigenvalue weighted by Gasteiger charge is -2.45. The quantitative estimate of drug-likeness (QED) is 0.692. The molecule has 2 rings (SSSR count). The van der Waals surface area contributed by atoms with Crippen LogP contribution in [0.1, 0.15) is 59.3 Å². The minimum absolute atomic E-state index is 0.186. The van der Waals surface area contributed by atoms with Gasteiger partial charge in [0.1, 0.15) is 11.9 Å². The van der Waals surface area contributed by atoms with E-state index < -0.39 is 5.60 Å². The van der Waals surface area contributed by atoms with Gasteiger partial charge in [-0.05, 0) is 64.7 Å². The minimum atomic E-state index is -0.422. The molecular weight excluding hydrogens is 254 g/mol. The molecule has 1 saturated carbocycles. The van der Waals surface area contributed by atoms with Crippen LogP contribution in [0, 0.1) is 11.3 Å². The molecule has 1 spiro atoms. The molecule has 0 aromatic rings. The number of rotatable bonds is 1. The highest BCUT2D eigenvalue weighted by molar-refractivity contribution is 5.68. The van der Waals surface area contributed by atoms with Gasteiger partial charge in [-0.15, -0.1) is 0 Å². The Morgan fingerprint density at radius 3 is 2.15 bits per heavy atom. The molecule has 4 heteroatoms. The van der Waals surface area contributed by atoms with E-state index in [4.69, 9.17) is 4.74 Å². The van der Waals surface area contributed by atoms with Crippen molar-refractivity contribution in [1.29, 1.82) is 0 Å². The molecule has 1 heterocycles. The second-order valence-electron chi connectivity index (χ2n) is 7.44. The molecule has 1 amide bonds. The van der Waals surface area contributed by atoms with Crippen LogP contribution in [0.25, 0.3) is 0 Å². The van der Waals surface area contributed by atoms with E-state index in [9.17, 15) is 9.59 Å². The summed E-state index contributed by atoms with van der Waals surface area (Å²) in [5.74, 6) is 0.268. The molecule has 2 fully saturated rings. The maximum atomic E-state index is 12.0. The number of carbonyl (C=O) groups is 2. The fraction of sp³-hybridized carbons (Fsp3) is 0.875. The number of piperidine rings is 1. The van der Waals surface area contributed by atoms with Crippen LogP contribution in [0.15, 0.2) is 0 Å². The zero-order valence-electron chi connectivity index (χ0n) is 13.0. The van der Waals surface area contributed by atoms with Gasteiger partial charge < -0.3 is 14.4 Å². The summed E-state index contributed by atoms with van der Waals surface area (Å²) in [6.07, 6.45) is 7.36. The number of nitrogens with zero attached hydrogens (tertiary/aromatic N) is 1. The SMILES string of the molecule is CC(C)(C)OC(=O)N1CCC2(CCC(C=O)CC2)CC1. The topological polar surface area (TPSA) is 46.6 Å². The van der Waals surface area contributed by atoms with Crippen molar-refractivity contribution in [1.82, 2.24) is 4.90 Å². The Balaban J connectivity index is 1.83. The van der Waals surface area contributed by atoms with Crippen LogP contribution in [0.2, 0.25) is 0 Å². The van der Waals surface area contributed by atoms with Crippen molar-refractivity contribution in [2.24, 2.45) is 11.3 Å². The van der Waals surface area contributed by atoms with Crippen molar-refractivity contribution in [3.63, 3.8) is 0 Å². The van der Waals surface area contributed by atoms with Crippen LogP contribution in [0.5, 0.6) is 0 Å². The average molecular weight is 281 g/mol. The Morgan fingerprint density at radius 1 is 1.15 bits per heavy atom. The summed E-state index contributed by atoms with van der Waals surface area (Å²) < 4.78 is 5.43. The zero-order valence-corrected chi connectivity index (χ0v) is 13.0. The molecular formula is C16H27NO3. The Morgan fingerprint density at radius 2 is 1.70 bits per heavy atom. The van der Waals surface area contributed by atoms with Crippen molar-refractivity contribution in [2.45, 2.75) is 64.9 Å². The largest absolute Gasteiger partial charge is 0.444 e. The van der Waals surface area contributed by atoms with E-state index in [0.717, 1.165) is 57.9 Å².